The Balaban J connectivity index is 2.31. The summed E-state index contributed by atoms with van der Waals surface area (Å²) < 4.78 is 31.2. The zero-order valence-electron chi connectivity index (χ0n) is 9.47. The maximum atomic E-state index is 11.8. The van der Waals surface area contributed by atoms with Crippen molar-refractivity contribution in [2.75, 3.05) is 25.0 Å². The van der Waals surface area contributed by atoms with Crippen LogP contribution in [-0.2, 0) is 14.8 Å². The number of rotatable bonds is 4. The zero-order valence-corrected chi connectivity index (χ0v) is 10.3. The third-order valence-electron chi connectivity index (χ3n) is 2.33. The molecule has 8 heteroatoms. The molecule has 1 aromatic rings. The van der Waals surface area contributed by atoms with Crippen LogP contribution in [0.15, 0.2) is 23.1 Å². The van der Waals surface area contributed by atoms with Crippen molar-refractivity contribution in [3.63, 3.8) is 0 Å². The number of carbonyl (C=O) groups is 1. The number of amides is 1. The highest BCUT2D eigenvalue weighted by Crippen LogP contribution is 2.29. The Morgan fingerprint density at radius 1 is 1.44 bits per heavy atom. The van der Waals surface area contributed by atoms with Gasteiger partial charge in [0, 0.05) is 13.1 Å². The fraction of sp³-hybridized carbons (Fsp3) is 0.300. The number of ether oxygens (including phenoxy) is 1. The van der Waals surface area contributed by atoms with E-state index in [4.69, 9.17) is 10.5 Å². The molecule has 0 aliphatic carbocycles. The average molecular weight is 271 g/mol. The summed E-state index contributed by atoms with van der Waals surface area (Å²) in [6.45, 7) is 0.302. The lowest BCUT2D eigenvalue weighted by atomic mass is 10.2. The minimum atomic E-state index is -3.61. The van der Waals surface area contributed by atoms with Gasteiger partial charge >= 0.3 is 0 Å². The molecule has 0 saturated carbocycles. The van der Waals surface area contributed by atoms with Crippen molar-refractivity contribution in [2.24, 2.45) is 5.73 Å². The van der Waals surface area contributed by atoms with Crippen LogP contribution in [0.4, 0.5) is 5.69 Å². The summed E-state index contributed by atoms with van der Waals surface area (Å²) >= 11 is 0. The second-order valence-corrected chi connectivity index (χ2v) is 5.45. The Morgan fingerprint density at radius 2 is 2.22 bits per heavy atom. The van der Waals surface area contributed by atoms with Gasteiger partial charge < -0.3 is 15.8 Å². The van der Waals surface area contributed by atoms with Crippen molar-refractivity contribution in [2.45, 2.75) is 4.90 Å². The van der Waals surface area contributed by atoms with E-state index in [0.29, 0.717) is 11.4 Å². The smallest absolute Gasteiger partial charge is 0.262 e. The summed E-state index contributed by atoms with van der Waals surface area (Å²) in [6, 6.07) is 4.27. The molecular formula is C10H13N3O4S. The summed E-state index contributed by atoms with van der Waals surface area (Å²) in [5.74, 6) is 0.138. The van der Waals surface area contributed by atoms with E-state index in [9.17, 15) is 13.2 Å². The molecule has 1 aromatic carbocycles. The molecule has 2 rings (SSSR count). The molecule has 0 unspecified atom stereocenters. The average Bonchev–Trinajstić information content (AvgIpc) is 2.35. The second-order valence-electron chi connectivity index (χ2n) is 3.68. The van der Waals surface area contributed by atoms with Gasteiger partial charge in [-0.3, -0.25) is 4.79 Å². The molecular weight excluding hydrogens is 258 g/mol. The topological polar surface area (TPSA) is 111 Å². The summed E-state index contributed by atoms with van der Waals surface area (Å²) in [5, 5.41) is 2.55. The SMILES string of the molecule is NCCNS(=O)(=O)c1ccc2c(c1)NC(=O)CO2. The largest absolute Gasteiger partial charge is 0.482 e. The molecule has 0 radical (unpaired) electrons. The van der Waals surface area contributed by atoms with Gasteiger partial charge in [-0.2, -0.15) is 0 Å². The Labute approximate surface area is 104 Å². The lowest BCUT2D eigenvalue weighted by molar-refractivity contribution is -0.118. The van der Waals surface area contributed by atoms with Crippen molar-refractivity contribution in [1.82, 2.24) is 4.72 Å². The first-order chi connectivity index (χ1) is 8.53. The standard InChI is InChI=1S/C10H13N3O4S/c11-3-4-12-18(15,16)7-1-2-9-8(5-7)13-10(14)6-17-9/h1-2,5,12H,3-4,6,11H2,(H,13,14). The maximum absolute atomic E-state index is 11.8. The predicted molar refractivity (Wildman–Crippen MR) is 64.8 cm³/mol. The summed E-state index contributed by atoms with van der Waals surface area (Å²) in [5.41, 5.74) is 5.59. The molecule has 1 aliphatic rings. The van der Waals surface area contributed by atoms with Crippen LogP contribution in [0.5, 0.6) is 5.75 Å². The highest BCUT2D eigenvalue weighted by Gasteiger charge is 2.20. The van der Waals surface area contributed by atoms with E-state index in [-0.39, 0.29) is 30.5 Å². The summed E-state index contributed by atoms with van der Waals surface area (Å²) in [6.07, 6.45) is 0. The minimum Gasteiger partial charge on any atom is -0.482 e. The van der Waals surface area contributed by atoms with Crippen LogP contribution in [0.25, 0.3) is 0 Å². The van der Waals surface area contributed by atoms with Gasteiger partial charge in [-0.25, -0.2) is 13.1 Å². The third kappa shape index (κ3) is 2.61. The molecule has 1 aliphatic heterocycles. The van der Waals surface area contributed by atoms with Crippen LogP contribution in [0.1, 0.15) is 0 Å². The van der Waals surface area contributed by atoms with Gasteiger partial charge in [0.25, 0.3) is 5.91 Å². The fourth-order valence-electron chi connectivity index (χ4n) is 1.51. The molecule has 0 bridgehead atoms. The van der Waals surface area contributed by atoms with E-state index >= 15 is 0 Å². The van der Waals surface area contributed by atoms with Gasteiger partial charge in [-0.05, 0) is 18.2 Å². The highest BCUT2D eigenvalue weighted by molar-refractivity contribution is 7.89. The Hall–Kier alpha value is -1.64. The number of sulfonamides is 1. The molecule has 0 fully saturated rings. The van der Waals surface area contributed by atoms with Gasteiger partial charge in [0.15, 0.2) is 6.61 Å². The number of anilines is 1. The quantitative estimate of drug-likeness (QED) is 0.667. The van der Waals surface area contributed by atoms with Crippen molar-refractivity contribution in [3.05, 3.63) is 18.2 Å². The molecule has 4 N–H and O–H groups in total. The minimum absolute atomic E-state index is 0.0560. The van der Waals surface area contributed by atoms with E-state index in [1.807, 2.05) is 0 Å². The highest BCUT2D eigenvalue weighted by atomic mass is 32.2. The van der Waals surface area contributed by atoms with Crippen molar-refractivity contribution >= 4 is 21.6 Å². The molecule has 0 spiro atoms. The van der Waals surface area contributed by atoms with Crippen LogP contribution >= 0.6 is 0 Å². The maximum Gasteiger partial charge on any atom is 0.262 e. The van der Waals surface area contributed by atoms with Gasteiger partial charge in [0.05, 0.1) is 10.6 Å². The van der Waals surface area contributed by atoms with Crippen molar-refractivity contribution < 1.29 is 17.9 Å². The zero-order chi connectivity index (χ0) is 13.2. The van der Waals surface area contributed by atoms with E-state index in [0.717, 1.165) is 0 Å². The van der Waals surface area contributed by atoms with E-state index in [1.165, 1.54) is 18.2 Å². The molecule has 0 aromatic heterocycles. The second kappa shape index (κ2) is 4.92. The Bertz CT molecular complexity index is 570. The van der Waals surface area contributed by atoms with Gasteiger partial charge in [0.1, 0.15) is 5.75 Å². The lowest BCUT2D eigenvalue weighted by Crippen LogP contribution is -2.30. The molecule has 1 amide bonds. The molecule has 1 heterocycles. The van der Waals surface area contributed by atoms with Crippen LogP contribution in [0, 0.1) is 0 Å². The number of hydrogen-bond acceptors (Lipinski definition) is 5. The summed E-state index contributed by atoms with van der Waals surface area (Å²) in [7, 11) is -3.61. The van der Waals surface area contributed by atoms with Crippen LogP contribution < -0.4 is 20.5 Å². The normalized spacial score (nSPS) is 14.6. The number of carbonyl (C=O) groups excluding carboxylic acids is 1. The third-order valence-corrected chi connectivity index (χ3v) is 3.79. The molecule has 0 saturated heterocycles. The number of hydrogen-bond donors (Lipinski definition) is 3. The van der Waals surface area contributed by atoms with E-state index < -0.39 is 10.0 Å². The Kier molecular flexibility index (Phi) is 3.50. The predicted octanol–water partition coefficient (Wildman–Crippen LogP) is -0.745. The van der Waals surface area contributed by atoms with Crippen LogP contribution in [-0.4, -0.2) is 34.0 Å². The van der Waals surface area contributed by atoms with Crippen LogP contribution in [0.2, 0.25) is 0 Å². The van der Waals surface area contributed by atoms with Gasteiger partial charge in [0.2, 0.25) is 10.0 Å². The van der Waals surface area contributed by atoms with Gasteiger partial charge in [-0.1, -0.05) is 0 Å². The number of benzene rings is 1. The van der Waals surface area contributed by atoms with Gasteiger partial charge in [-0.15, -0.1) is 0 Å². The monoisotopic (exact) mass is 271 g/mol. The van der Waals surface area contributed by atoms with Crippen molar-refractivity contribution in [1.29, 1.82) is 0 Å². The molecule has 18 heavy (non-hydrogen) atoms. The molecule has 98 valence electrons. The number of fused-ring (bicyclic) bond motifs is 1. The van der Waals surface area contributed by atoms with Crippen molar-refractivity contribution in [3.8, 4) is 5.75 Å². The first-order valence-electron chi connectivity index (χ1n) is 5.29. The lowest BCUT2D eigenvalue weighted by Gasteiger charge is -2.18. The Morgan fingerprint density at radius 3 is 2.94 bits per heavy atom. The number of nitrogens with one attached hydrogen (secondary N) is 2. The molecule has 7 nitrogen and oxygen atoms in total. The van der Waals surface area contributed by atoms with Crippen LogP contribution in [0.3, 0.4) is 0 Å². The number of nitrogens with two attached hydrogens (primary N) is 1. The fourth-order valence-corrected chi connectivity index (χ4v) is 2.58. The first-order valence-corrected chi connectivity index (χ1v) is 6.78. The molecule has 0 atom stereocenters. The first kappa shape index (κ1) is 12.8. The van der Waals surface area contributed by atoms with E-state index in [2.05, 4.69) is 10.0 Å². The van der Waals surface area contributed by atoms with E-state index in [1.54, 1.807) is 0 Å². The summed E-state index contributed by atoms with van der Waals surface area (Å²) in [4.78, 5) is 11.2.